The number of carbonyl (C=O) groups is 1. The molecule has 1 atom stereocenters. The van der Waals surface area contributed by atoms with E-state index in [1.54, 1.807) is 27.7 Å². The van der Waals surface area contributed by atoms with Crippen LogP contribution in [0.1, 0.15) is 27.7 Å². The zero-order valence-electron chi connectivity index (χ0n) is 11.1. The third-order valence-electron chi connectivity index (χ3n) is 1.58. The van der Waals surface area contributed by atoms with Gasteiger partial charge < -0.3 is 19.9 Å². The molecule has 1 unspecified atom stereocenters. The van der Waals surface area contributed by atoms with Crippen molar-refractivity contribution in [3.05, 3.63) is 0 Å². The molecule has 3 N–H and O–H groups in total. The van der Waals surface area contributed by atoms with Gasteiger partial charge in [-0.15, -0.1) is 0 Å². The predicted octanol–water partition coefficient (Wildman–Crippen LogP) is 0.849. The molecule has 0 spiro atoms. The number of nitrogens with one attached hydrogen (secondary N) is 1. The second-order valence-electron chi connectivity index (χ2n) is 4.56. The molecule has 0 aliphatic carbocycles. The van der Waals surface area contributed by atoms with E-state index in [0.717, 1.165) is 0 Å². The fourth-order valence-corrected chi connectivity index (χ4v) is 0.984. The van der Waals surface area contributed by atoms with Crippen LogP contribution in [-0.2, 0) is 14.2 Å². The minimum atomic E-state index is -0.506. The monoisotopic (exact) mass is 248 g/mol. The van der Waals surface area contributed by atoms with E-state index in [0.29, 0.717) is 26.4 Å². The lowest BCUT2D eigenvalue weighted by molar-refractivity contribution is -0.00998. The van der Waals surface area contributed by atoms with Gasteiger partial charge in [0.25, 0.3) is 0 Å². The van der Waals surface area contributed by atoms with Crippen LogP contribution in [0.5, 0.6) is 0 Å². The first-order chi connectivity index (χ1) is 7.85. The fraction of sp³-hybridized carbons (Fsp3) is 0.909. The van der Waals surface area contributed by atoms with Crippen molar-refractivity contribution in [2.75, 3.05) is 26.4 Å². The molecule has 6 heteroatoms. The van der Waals surface area contributed by atoms with Gasteiger partial charge >= 0.3 is 6.09 Å². The third-order valence-corrected chi connectivity index (χ3v) is 1.58. The summed E-state index contributed by atoms with van der Waals surface area (Å²) in [6.45, 7) is 9.00. The van der Waals surface area contributed by atoms with Crippen molar-refractivity contribution in [1.82, 2.24) is 5.32 Å². The van der Waals surface area contributed by atoms with Gasteiger partial charge in [0.2, 0.25) is 0 Å². The maximum absolute atomic E-state index is 11.3. The first-order valence-electron chi connectivity index (χ1n) is 5.74. The van der Waals surface area contributed by atoms with Crippen LogP contribution in [0, 0.1) is 0 Å². The summed E-state index contributed by atoms with van der Waals surface area (Å²) >= 11 is 0. The molecule has 0 aliphatic rings. The van der Waals surface area contributed by atoms with Crippen LogP contribution in [0.15, 0.2) is 0 Å². The lowest BCUT2D eigenvalue weighted by atomic mass is 10.2. The van der Waals surface area contributed by atoms with Crippen LogP contribution in [0.2, 0.25) is 0 Å². The van der Waals surface area contributed by atoms with E-state index in [4.69, 9.17) is 19.9 Å². The molecule has 0 rings (SSSR count). The van der Waals surface area contributed by atoms with Gasteiger partial charge in [0.1, 0.15) is 11.8 Å². The molecule has 0 saturated heterocycles. The smallest absolute Gasteiger partial charge is 0.409 e. The van der Waals surface area contributed by atoms with Crippen LogP contribution in [0.4, 0.5) is 4.79 Å². The number of alkyl carbamates (subject to hydrolysis) is 1. The second kappa shape index (κ2) is 8.27. The summed E-state index contributed by atoms with van der Waals surface area (Å²) in [5.74, 6) is 0. The molecule has 0 heterocycles. The van der Waals surface area contributed by atoms with Gasteiger partial charge in [-0.3, -0.25) is 5.32 Å². The van der Waals surface area contributed by atoms with E-state index in [1.165, 1.54) is 0 Å². The van der Waals surface area contributed by atoms with Gasteiger partial charge in [-0.1, -0.05) is 0 Å². The highest BCUT2D eigenvalue weighted by Crippen LogP contribution is 2.06. The Bertz CT molecular complexity index is 216. The molecule has 0 bridgehead atoms. The highest BCUT2D eigenvalue weighted by Gasteiger charge is 2.17. The number of ether oxygens (including phenoxy) is 3. The Morgan fingerprint density at radius 3 is 2.47 bits per heavy atom. The molecule has 6 nitrogen and oxygen atoms in total. The zero-order valence-corrected chi connectivity index (χ0v) is 11.1. The third kappa shape index (κ3) is 11.4. The van der Waals surface area contributed by atoms with Gasteiger partial charge in [-0.2, -0.15) is 0 Å². The molecule has 17 heavy (non-hydrogen) atoms. The second-order valence-corrected chi connectivity index (χ2v) is 4.56. The molecule has 0 aromatic rings. The number of hydrogen-bond acceptors (Lipinski definition) is 5. The van der Waals surface area contributed by atoms with E-state index in [1.807, 2.05) is 0 Å². The van der Waals surface area contributed by atoms with Crippen molar-refractivity contribution in [3.8, 4) is 0 Å². The Morgan fingerprint density at radius 1 is 1.29 bits per heavy atom. The molecular weight excluding hydrogens is 224 g/mol. The highest BCUT2D eigenvalue weighted by molar-refractivity contribution is 5.67. The summed E-state index contributed by atoms with van der Waals surface area (Å²) in [4.78, 5) is 11.3. The molecule has 0 radical (unpaired) electrons. The molecule has 0 aliphatic heterocycles. The topological polar surface area (TPSA) is 82.8 Å². The van der Waals surface area contributed by atoms with Crippen LogP contribution < -0.4 is 11.1 Å². The largest absolute Gasteiger partial charge is 0.444 e. The van der Waals surface area contributed by atoms with Crippen LogP contribution in [0.25, 0.3) is 0 Å². The maximum Gasteiger partial charge on any atom is 0.409 e. The number of hydrogen-bond donors (Lipinski definition) is 2. The van der Waals surface area contributed by atoms with E-state index in [2.05, 4.69) is 5.32 Å². The summed E-state index contributed by atoms with van der Waals surface area (Å²) in [6, 6.07) is 0. The summed E-state index contributed by atoms with van der Waals surface area (Å²) < 4.78 is 15.5. The van der Waals surface area contributed by atoms with Crippen molar-refractivity contribution in [1.29, 1.82) is 0 Å². The summed E-state index contributed by atoms with van der Waals surface area (Å²) in [7, 11) is 0. The number of rotatable bonds is 7. The number of amides is 1. The predicted molar refractivity (Wildman–Crippen MR) is 64.7 cm³/mol. The van der Waals surface area contributed by atoms with E-state index < -0.39 is 17.9 Å². The minimum Gasteiger partial charge on any atom is -0.444 e. The van der Waals surface area contributed by atoms with E-state index in [9.17, 15) is 4.79 Å². The Kier molecular flexibility index (Phi) is 7.86. The molecule has 0 aromatic heterocycles. The Morgan fingerprint density at radius 2 is 1.94 bits per heavy atom. The quantitative estimate of drug-likeness (QED) is 0.515. The lowest BCUT2D eigenvalue weighted by Gasteiger charge is -2.22. The average Bonchev–Trinajstić information content (AvgIpc) is 2.14. The van der Waals surface area contributed by atoms with Crippen molar-refractivity contribution in [3.63, 3.8) is 0 Å². The Balaban J connectivity index is 3.57. The van der Waals surface area contributed by atoms with Crippen molar-refractivity contribution < 1.29 is 19.0 Å². The maximum atomic E-state index is 11.3. The molecule has 0 aromatic carbocycles. The molecule has 0 saturated carbocycles. The Hall–Kier alpha value is -0.850. The first kappa shape index (κ1) is 16.1. The molecule has 102 valence electrons. The molecule has 1 amide bonds. The van der Waals surface area contributed by atoms with Crippen LogP contribution in [-0.4, -0.2) is 44.3 Å². The standard InChI is InChI=1S/C11H24N2O4/c1-9(16-8-7-15-6-5-12)13-10(14)17-11(2,3)4/h9H,5-8,12H2,1-4H3,(H,13,14). The lowest BCUT2D eigenvalue weighted by Crippen LogP contribution is -2.39. The molecule has 0 fully saturated rings. The van der Waals surface area contributed by atoms with Gasteiger partial charge in [0.05, 0.1) is 19.8 Å². The van der Waals surface area contributed by atoms with E-state index in [-0.39, 0.29) is 0 Å². The zero-order chi connectivity index (χ0) is 13.3. The summed E-state index contributed by atoms with van der Waals surface area (Å²) in [5, 5.41) is 2.56. The fourth-order valence-electron chi connectivity index (χ4n) is 0.984. The van der Waals surface area contributed by atoms with Gasteiger partial charge in [0, 0.05) is 6.54 Å². The van der Waals surface area contributed by atoms with Crippen molar-refractivity contribution >= 4 is 6.09 Å². The highest BCUT2D eigenvalue weighted by atomic mass is 16.6. The normalized spacial score (nSPS) is 13.2. The van der Waals surface area contributed by atoms with Gasteiger partial charge in [0.15, 0.2) is 0 Å². The minimum absolute atomic E-state index is 0.400. The van der Waals surface area contributed by atoms with Crippen molar-refractivity contribution in [2.24, 2.45) is 5.73 Å². The first-order valence-corrected chi connectivity index (χ1v) is 5.74. The SMILES string of the molecule is CC(NC(=O)OC(C)(C)C)OCCOCCN. The summed E-state index contributed by atoms with van der Waals surface area (Å²) in [6.07, 6.45) is -0.904. The van der Waals surface area contributed by atoms with Crippen molar-refractivity contribution in [2.45, 2.75) is 39.5 Å². The van der Waals surface area contributed by atoms with Crippen LogP contribution in [0.3, 0.4) is 0 Å². The van der Waals surface area contributed by atoms with Crippen LogP contribution >= 0.6 is 0 Å². The number of carbonyl (C=O) groups excluding carboxylic acids is 1. The summed E-state index contributed by atoms with van der Waals surface area (Å²) in [5.41, 5.74) is 4.75. The van der Waals surface area contributed by atoms with Gasteiger partial charge in [-0.05, 0) is 27.7 Å². The van der Waals surface area contributed by atoms with E-state index >= 15 is 0 Å². The van der Waals surface area contributed by atoms with Gasteiger partial charge in [-0.25, -0.2) is 4.79 Å². The molecular formula is C11H24N2O4. The number of nitrogens with two attached hydrogens (primary N) is 1. The average molecular weight is 248 g/mol. The Labute approximate surface area is 103 Å².